The second-order valence-corrected chi connectivity index (χ2v) is 5.62. The zero-order valence-corrected chi connectivity index (χ0v) is 12.9. The van der Waals surface area contributed by atoms with E-state index < -0.39 is 0 Å². The van der Waals surface area contributed by atoms with E-state index in [1.54, 1.807) is 25.6 Å². The summed E-state index contributed by atoms with van der Waals surface area (Å²) in [7, 11) is 3.32. The summed E-state index contributed by atoms with van der Waals surface area (Å²) >= 11 is 1.78. The van der Waals surface area contributed by atoms with Gasteiger partial charge < -0.3 is 14.8 Å². The molecule has 0 amide bonds. The molecular weight excluding hydrogens is 282 g/mol. The Morgan fingerprint density at radius 3 is 2.43 bits per heavy atom. The van der Waals surface area contributed by atoms with Gasteiger partial charge in [0.2, 0.25) is 0 Å². The number of thiophene rings is 1. The van der Waals surface area contributed by atoms with Gasteiger partial charge in [-0.3, -0.25) is 0 Å². The summed E-state index contributed by atoms with van der Waals surface area (Å²) in [5, 5.41) is 6.95. The predicted octanol–water partition coefficient (Wildman–Crippen LogP) is 4.53. The number of hydrogen-bond donors (Lipinski definition) is 1. The van der Waals surface area contributed by atoms with Crippen LogP contribution in [-0.2, 0) is 6.54 Å². The lowest BCUT2D eigenvalue weighted by atomic mass is 10.2. The molecule has 0 bridgehead atoms. The van der Waals surface area contributed by atoms with Crippen LogP contribution < -0.4 is 14.8 Å². The summed E-state index contributed by atoms with van der Waals surface area (Å²) in [6, 6.07) is 14.3. The van der Waals surface area contributed by atoms with Crippen molar-refractivity contribution in [3.8, 4) is 11.5 Å². The van der Waals surface area contributed by atoms with Crippen LogP contribution in [0.2, 0.25) is 0 Å². The topological polar surface area (TPSA) is 30.5 Å². The van der Waals surface area contributed by atoms with Crippen molar-refractivity contribution in [1.82, 2.24) is 0 Å². The van der Waals surface area contributed by atoms with Gasteiger partial charge in [-0.05, 0) is 22.4 Å². The number of fused-ring (bicyclic) bond motifs is 1. The van der Waals surface area contributed by atoms with Crippen molar-refractivity contribution in [1.29, 1.82) is 0 Å². The van der Waals surface area contributed by atoms with Crippen LogP contribution in [0.3, 0.4) is 0 Å². The highest BCUT2D eigenvalue weighted by molar-refractivity contribution is 7.17. The molecule has 4 heteroatoms. The predicted molar refractivity (Wildman–Crippen MR) is 88.7 cm³/mol. The molecule has 3 aromatic rings. The lowest BCUT2D eigenvalue weighted by Crippen LogP contribution is -1.99. The van der Waals surface area contributed by atoms with Gasteiger partial charge >= 0.3 is 0 Å². The first kappa shape index (κ1) is 13.8. The highest BCUT2D eigenvalue weighted by Gasteiger charge is 2.05. The molecule has 0 spiro atoms. The van der Waals surface area contributed by atoms with Crippen LogP contribution >= 0.6 is 11.3 Å². The van der Waals surface area contributed by atoms with Crippen LogP contribution in [0.4, 0.5) is 5.69 Å². The summed E-state index contributed by atoms with van der Waals surface area (Å²) in [6.07, 6.45) is 0. The van der Waals surface area contributed by atoms with Crippen molar-refractivity contribution in [2.24, 2.45) is 0 Å². The van der Waals surface area contributed by atoms with Gasteiger partial charge in [-0.2, -0.15) is 0 Å². The highest BCUT2D eigenvalue weighted by Crippen LogP contribution is 2.29. The van der Waals surface area contributed by atoms with E-state index in [2.05, 4.69) is 35.0 Å². The molecule has 1 aromatic heterocycles. The maximum absolute atomic E-state index is 5.29. The molecule has 0 unspecified atom stereocenters. The molecule has 3 rings (SSSR count). The molecule has 1 N–H and O–H groups in total. The number of rotatable bonds is 5. The Labute approximate surface area is 128 Å². The van der Waals surface area contributed by atoms with E-state index in [9.17, 15) is 0 Å². The van der Waals surface area contributed by atoms with Crippen LogP contribution in [-0.4, -0.2) is 14.2 Å². The Hall–Kier alpha value is -2.20. The van der Waals surface area contributed by atoms with Gasteiger partial charge in [-0.25, -0.2) is 0 Å². The fraction of sp³-hybridized carbons (Fsp3) is 0.176. The van der Waals surface area contributed by atoms with E-state index in [0.717, 1.165) is 23.7 Å². The first-order valence-corrected chi connectivity index (χ1v) is 7.60. The Morgan fingerprint density at radius 1 is 1.00 bits per heavy atom. The minimum atomic E-state index is 0.778. The van der Waals surface area contributed by atoms with Gasteiger partial charge in [0.1, 0.15) is 11.5 Å². The van der Waals surface area contributed by atoms with Crippen molar-refractivity contribution in [2.75, 3.05) is 19.5 Å². The lowest BCUT2D eigenvalue weighted by Gasteiger charge is -2.10. The summed E-state index contributed by atoms with van der Waals surface area (Å²) < 4.78 is 11.9. The normalized spacial score (nSPS) is 10.6. The average Bonchev–Trinajstić information content (AvgIpc) is 2.95. The summed E-state index contributed by atoms with van der Waals surface area (Å²) in [5.74, 6) is 1.57. The highest BCUT2D eigenvalue weighted by atomic mass is 32.1. The molecule has 0 aliphatic rings. The van der Waals surface area contributed by atoms with Crippen molar-refractivity contribution in [3.05, 3.63) is 53.4 Å². The standard InChI is InChI=1S/C17H17NO2S/c1-19-14-7-13(8-15(9-14)20-2)18-10-12-11-21-17-6-4-3-5-16(12)17/h3-9,11,18H,10H2,1-2H3. The molecule has 21 heavy (non-hydrogen) atoms. The summed E-state index contributed by atoms with van der Waals surface area (Å²) in [4.78, 5) is 0. The maximum Gasteiger partial charge on any atom is 0.124 e. The molecule has 0 atom stereocenters. The monoisotopic (exact) mass is 299 g/mol. The van der Waals surface area contributed by atoms with Crippen LogP contribution in [0.5, 0.6) is 11.5 Å². The molecule has 0 aliphatic heterocycles. The summed E-state index contributed by atoms with van der Waals surface area (Å²) in [6.45, 7) is 0.778. The third-order valence-electron chi connectivity index (χ3n) is 3.40. The minimum absolute atomic E-state index is 0.778. The molecule has 108 valence electrons. The Balaban J connectivity index is 1.81. The molecular formula is C17H17NO2S. The Morgan fingerprint density at radius 2 is 1.71 bits per heavy atom. The SMILES string of the molecule is COc1cc(NCc2csc3ccccc23)cc(OC)c1. The van der Waals surface area contributed by atoms with Crippen molar-refractivity contribution in [3.63, 3.8) is 0 Å². The van der Waals surface area contributed by atoms with Gasteiger partial charge in [0.15, 0.2) is 0 Å². The van der Waals surface area contributed by atoms with Crippen LogP contribution in [0.15, 0.2) is 47.8 Å². The Bertz CT molecular complexity index is 729. The third-order valence-corrected chi connectivity index (χ3v) is 4.41. The first-order valence-electron chi connectivity index (χ1n) is 6.72. The van der Waals surface area contributed by atoms with Crippen LogP contribution in [0.1, 0.15) is 5.56 Å². The summed E-state index contributed by atoms with van der Waals surface area (Å²) in [5.41, 5.74) is 2.29. The molecule has 0 radical (unpaired) electrons. The molecule has 0 fully saturated rings. The molecule has 0 saturated carbocycles. The number of anilines is 1. The van der Waals surface area contributed by atoms with E-state index in [4.69, 9.17) is 9.47 Å². The first-order chi connectivity index (χ1) is 10.3. The molecule has 2 aromatic carbocycles. The molecule has 0 saturated heterocycles. The van der Waals surface area contributed by atoms with Gasteiger partial charge in [0.25, 0.3) is 0 Å². The molecule has 1 heterocycles. The van der Waals surface area contributed by atoms with Crippen molar-refractivity contribution in [2.45, 2.75) is 6.54 Å². The van der Waals surface area contributed by atoms with E-state index in [0.29, 0.717) is 0 Å². The van der Waals surface area contributed by atoms with E-state index in [-0.39, 0.29) is 0 Å². The number of benzene rings is 2. The average molecular weight is 299 g/mol. The number of hydrogen-bond acceptors (Lipinski definition) is 4. The second-order valence-electron chi connectivity index (χ2n) is 4.71. The van der Waals surface area contributed by atoms with Crippen LogP contribution in [0, 0.1) is 0 Å². The molecule has 3 nitrogen and oxygen atoms in total. The molecule has 0 aliphatic carbocycles. The van der Waals surface area contributed by atoms with Gasteiger partial charge in [-0.15, -0.1) is 11.3 Å². The largest absolute Gasteiger partial charge is 0.497 e. The van der Waals surface area contributed by atoms with Gasteiger partial charge in [0.05, 0.1) is 14.2 Å². The maximum atomic E-state index is 5.29. The fourth-order valence-corrected chi connectivity index (χ4v) is 3.24. The van der Waals surface area contributed by atoms with E-state index in [1.807, 2.05) is 18.2 Å². The Kier molecular flexibility index (Phi) is 3.97. The van der Waals surface area contributed by atoms with Gasteiger partial charge in [0, 0.05) is 35.1 Å². The smallest absolute Gasteiger partial charge is 0.124 e. The minimum Gasteiger partial charge on any atom is -0.497 e. The van der Waals surface area contributed by atoms with E-state index >= 15 is 0 Å². The zero-order chi connectivity index (χ0) is 14.7. The lowest BCUT2D eigenvalue weighted by molar-refractivity contribution is 0.394. The number of methoxy groups -OCH3 is 2. The number of nitrogens with one attached hydrogen (secondary N) is 1. The zero-order valence-electron chi connectivity index (χ0n) is 12.1. The van der Waals surface area contributed by atoms with Gasteiger partial charge in [-0.1, -0.05) is 18.2 Å². The van der Waals surface area contributed by atoms with Crippen molar-refractivity contribution >= 4 is 27.1 Å². The fourth-order valence-electron chi connectivity index (χ4n) is 2.28. The third kappa shape index (κ3) is 2.95. The number of ether oxygens (including phenoxy) is 2. The van der Waals surface area contributed by atoms with Crippen LogP contribution in [0.25, 0.3) is 10.1 Å². The quantitative estimate of drug-likeness (QED) is 0.751. The van der Waals surface area contributed by atoms with Crippen molar-refractivity contribution < 1.29 is 9.47 Å². The second kappa shape index (κ2) is 6.06. The van der Waals surface area contributed by atoms with E-state index in [1.165, 1.54) is 15.6 Å².